The summed E-state index contributed by atoms with van der Waals surface area (Å²) in [6.07, 6.45) is 3.67. The molecule has 1 aliphatic carbocycles. The van der Waals surface area contributed by atoms with E-state index in [-0.39, 0.29) is 6.10 Å². The number of rotatable bonds is 5. The van der Waals surface area contributed by atoms with Crippen LogP contribution in [0.2, 0.25) is 0 Å². The molecule has 0 amide bonds. The number of nitrogens with one attached hydrogen (secondary N) is 1. The van der Waals surface area contributed by atoms with Crippen molar-refractivity contribution in [2.45, 2.75) is 52.2 Å². The van der Waals surface area contributed by atoms with Crippen molar-refractivity contribution in [3.05, 3.63) is 24.3 Å². The summed E-state index contributed by atoms with van der Waals surface area (Å²) in [6.45, 7) is 7.30. The van der Waals surface area contributed by atoms with Crippen LogP contribution in [0.4, 0.5) is 0 Å². The summed E-state index contributed by atoms with van der Waals surface area (Å²) < 4.78 is 11.9. The lowest BCUT2D eigenvalue weighted by molar-refractivity contribution is 0.0535. The van der Waals surface area contributed by atoms with E-state index in [9.17, 15) is 0 Å². The van der Waals surface area contributed by atoms with Crippen LogP contribution in [0.3, 0.4) is 0 Å². The Balaban J connectivity index is 2.14. The Morgan fingerprint density at radius 3 is 2.60 bits per heavy atom. The standard InChI is InChI=1S/C17H27NO2/c1-5-19-14-8-6-7-9-15(14)20-16-12-17(2,3)11-10-13(16)18-4/h6-9,13,16,18H,5,10-12H2,1-4H3. The van der Waals surface area contributed by atoms with Crippen LogP contribution in [0.25, 0.3) is 0 Å². The third-order valence-electron chi connectivity index (χ3n) is 4.13. The number of likely N-dealkylation sites (N-methyl/N-ethyl adjacent to an activating group) is 1. The molecule has 0 radical (unpaired) electrons. The normalized spacial score (nSPS) is 25.2. The largest absolute Gasteiger partial charge is 0.490 e. The minimum atomic E-state index is 0.199. The fraction of sp³-hybridized carbons (Fsp3) is 0.647. The Bertz CT molecular complexity index is 431. The highest BCUT2D eigenvalue weighted by molar-refractivity contribution is 5.39. The van der Waals surface area contributed by atoms with Crippen LogP contribution < -0.4 is 14.8 Å². The second-order valence-corrected chi connectivity index (χ2v) is 6.34. The van der Waals surface area contributed by atoms with Crippen molar-refractivity contribution in [1.82, 2.24) is 5.32 Å². The summed E-state index contributed by atoms with van der Waals surface area (Å²) >= 11 is 0. The third kappa shape index (κ3) is 3.66. The first-order valence-electron chi connectivity index (χ1n) is 7.61. The van der Waals surface area contributed by atoms with Crippen molar-refractivity contribution >= 4 is 0 Å². The molecule has 0 aliphatic heterocycles. The quantitative estimate of drug-likeness (QED) is 0.891. The molecule has 2 rings (SSSR count). The zero-order valence-electron chi connectivity index (χ0n) is 13.1. The van der Waals surface area contributed by atoms with Gasteiger partial charge in [-0.15, -0.1) is 0 Å². The monoisotopic (exact) mass is 277 g/mol. The zero-order valence-corrected chi connectivity index (χ0v) is 13.1. The third-order valence-corrected chi connectivity index (χ3v) is 4.13. The van der Waals surface area contributed by atoms with Gasteiger partial charge in [0.25, 0.3) is 0 Å². The lowest BCUT2D eigenvalue weighted by Crippen LogP contribution is -2.47. The second-order valence-electron chi connectivity index (χ2n) is 6.34. The van der Waals surface area contributed by atoms with E-state index in [2.05, 4.69) is 19.2 Å². The summed E-state index contributed by atoms with van der Waals surface area (Å²) in [7, 11) is 2.02. The van der Waals surface area contributed by atoms with E-state index >= 15 is 0 Å². The van der Waals surface area contributed by atoms with Crippen molar-refractivity contribution in [1.29, 1.82) is 0 Å². The van der Waals surface area contributed by atoms with Crippen LogP contribution in [0.1, 0.15) is 40.0 Å². The Kier molecular flexibility index (Phi) is 4.92. The van der Waals surface area contributed by atoms with Crippen LogP contribution in [0.5, 0.6) is 11.5 Å². The fourth-order valence-electron chi connectivity index (χ4n) is 2.96. The van der Waals surface area contributed by atoms with E-state index in [1.807, 2.05) is 38.2 Å². The first-order chi connectivity index (χ1) is 9.55. The topological polar surface area (TPSA) is 30.5 Å². The van der Waals surface area contributed by atoms with Crippen molar-refractivity contribution in [2.24, 2.45) is 5.41 Å². The highest BCUT2D eigenvalue weighted by Crippen LogP contribution is 2.38. The Hall–Kier alpha value is -1.22. The minimum absolute atomic E-state index is 0.199. The van der Waals surface area contributed by atoms with Gasteiger partial charge in [0.05, 0.1) is 6.61 Å². The summed E-state index contributed by atoms with van der Waals surface area (Å²) in [6, 6.07) is 8.37. The number of hydrogen-bond donors (Lipinski definition) is 1. The van der Waals surface area contributed by atoms with E-state index in [4.69, 9.17) is 9.47 Å². The summed E-state index contributed by atoms with van der Waals surface area (Å²) in [5, 5.41) is 3.40. The van der Waals surface area contributed by atoms with Crippen molar-refractivity contribution < 1.29 is 9.47 Å². The van der Waals surface area contributed by atoms with E-state index in [0.29, 0.717) is 18.1 Å². The van der Waals surface area contributed by atoms with Crippen molar-refractivity contribution in [3.63, 3.8) is 0 Å². The molecule has 0 aromatic heterocycles. The predicted molar refractivity (Wildman–Crippen MR) is 82.5 cm³/mol. The maximum Gasteiger partial charge on any atom is 0.161 e. The molecule has 112 valence electrons. The maximum absolute atomic E-state index is 6.29. The Morgan fingerprint density at radius 1 is 1.25 bits per heavy atom. The number of ether oxygens (including phenoxy) is 2. The van der Waals surface area contributed by atoms with Crippen LogP contribution in [0, 0.1) is 5.41 Å². The molecule has 3 heteroatoms. The summed E-state index contributed by atoms with van der Waals surface area (Å²) in [4.78, 5) is 0. The van der Waals surface area contributed by atoms with E-state index in [1.165, 1.54) is 6.42 Å². The molecule has 0 heterocycles. The molecule has 1 aliphatic rings. The molecule has 2 unspecified atom stereocenters. The van der Waals surface area contributed by atoms with Gasteiger partial charge in [-0.2, -0.15) is 0 Å². The predicted octanol–water partition coefficient (Wildman–Crippen LogP) is 3.63. The molecule has 3 nitrogen and oxygen atoms in total. The molecular weight excluding hydrogens is 250 g/mol. The average molecular weight is 277 g/mol. The van der Waals surface area contributed by atoms with E-state index in [1.54, 1.807) is 0 Å². The van der Waals surface area contributed by atoms with Crippen LogP contribution in [-0.4, -0.2) is 25.8 Å². The van der Waals surface area contributed by atoms with Gasteiger partial charge >= 0.3 is 0 Å². The smallest absolute Gasteiger partial charge is 0.161 e. The van der Waals surface area contributed by atoms with Gasteiger partial charge < -0.3 is 14.8 Å². The van der Waals surface area contributed by atoms with Gasteiger partial charge in [-0.25, -0.2) is 0 Å². The van der Waals surface area contributed by atoms with E-state index in [0.717, 1.165) is 24.3 Å². The Labute approximate surface area is 122 Å². The second kappa shape index (κ2) is 6.49. The summed E-state index contributed by atoms with van der Waals surface area (Å²) in [5.74, 6) is 1.70. The van der Waals surface area contributed by atoms with Gasteiger partial charge in [0.1, 0.15) is 6.10 Å². The van der Waals surface area contributed by atoms with E-state index < -0.39 is 0 Å². The van der Waals surface area contributed by atoms with Gasteiger partial charge in [0.15, 0.2) is 11.5 Å². The zero-order chi connectivity index (χ0) is 14.6. The molecule has 20 heavy (non-hydrogen) atoms. The minimum Gasteiger partial charge on any atom is -0.490 e. The van der Waals surface area contributed by atoms with Gasteiger partial charge in [-0.05, 0) is 50.8 Å². The molecule has 2 atom stereocenters. The first kappa shape index (κ1) is 15.2. The van der Waals surface area contributed by atoms with Gasteiger partial charge in [-0.3, -0.25) is 0 Å². The molecule has 1 N–H and O–H groups in total. The average Bonchev–Trinajstić information content (AvgIpc) is 2.41. The summed E-state index contributed by atoms with van der Waals surface area (Å²) in [5.41, 5.74) is 0.346. The molecule has 0 saturated heterocycles. The Morgan fingerprint density at radius 2 is 1.95 bits per heavy atom. The van der Waals surface area contributed by atoms with Gasteiger partial charge in [0, 0.05) is 6.04 Å². The first-order valence-corrected chi connectivity index (χ1v) is 7.61. The maximum atomic E-state index is 6.29. The van der Waals surface area contributed by atoms with Crippen molar-refractivity contribution in [2.75, 3.05) is 13.7 Å². The molecule has 1 aromatic carbocycles. The highest BCUT2D eigenvalue weighted by atomic mass is 16.5. The molecule has 0 bridgehead atoms. The lowest BCUT2D eigenvalue weighted by Gasteiger charge is -2.40. The number of hydrogen-bond acceptors (Lipinski definition) is 3. The molecule has 1 saturated carbocycles. The lowest BCUT2D eigenvalue weighted by atomic mass is 9.74. The number of benzene rings is 1. The number of para-hydroxylation sites is 2. The van der Waals surface area contributed by atoms with Crippen molar-refractivity contribution in [3.8, 4) is 11.5 Å². The van der Waals surface area contributed by atoms with Gasteiger partial charge in [0.2, 0.25) is 0 Å². The van der Waals surface area contributed by atoms with Crippen LogP contribution in [-0.2, 0) is 0 Å². The van der Waals surface area contributed by atoms with Crippen LogP contribution >= 0.6 is 0 Å². The van der Waals surface area contributed by atoms with Crippen LogP contribution in [0.15, 0.2) is 24.3 Å². The molecular formula is C17H27NO2. The molecule has 1 fully saturated rings. The highest BCUT2D eigenvalue weighted by Gasteiger charge is 2.35. The molecule has 0 spiro atoms. The fourth-order valence-corrected chi connectivity index (χ4v) is 2.96. The molecule has 1 aromatic rings. The van der Waals surface area contributed by atoms with Gasteiger partial charge in [-0.1, -0.05) is 26.0 Å². The SMILES string of the molecule is CCOc1ccccc1OC1CC(C)(C)CCC1NC.